The number of carbonyl (C=O) groups is 2. The molecule has 0 saturated carbocycles. The van der Waals surface area contributed by atoms with Crippen LogP contribution >= 0.6 is 27.7 Å². The van der Waals surface area contributed by atoms with E-state index in [0.717, 1.165) is 10.0 Å². The number of ether oxygens (including phenoxy) is 1. The van der Waals surface area contributed by atoms with E-state index in [1.54, 1.807) is 41.3 Å². The van der Waals surface area contributed by atoms with Crippen molar-refractivity contribution in [2.24, 2.45) is 4.99 Å². The summed E-state index contributed by atoms with van der Waals surface area (Å²) in [6.45, 7) is 0.295. The van der Waals surface area contributed by atoms with E-state index in [0.29, 0.717) is 32.6 Å². The molecule has 4 aromatic rings. The lowest BCUT2D eigenvalue weighted by molar-refractivity contribution is -0.384. The number of para-hydroxylation sites is 1. The Morgan fingerprint density at radius 3 is 2.48 bits per heavy atom. The third-order valence-electron chi connectivity index (χ3n) is 6.18. The molecule has 210 valence electrons. The van der Waals surface area contributed by atoms with Crippen LogP contribution in [0.4, 0.5) is 11.4 Å². The van der Waals surface area contributed by atoms with Gasteiger partial charge in [-0.05, 0) is 71.4 Å². The molecule has 0 aliphatic carbocycles. The number of non-ortho nitro benzene ring substituents is 1. The fourth-order valence-electron chi connectivity index (χ4n) is 4.10. The summed E-state index contributed by atoms with van der Waals surface area (Å²) in [4.78, 5) is 42.4. The highest BCUT2D eigenvalue weighted by Gasteiger charge is 2.34. The van der Waals surface area contributed by atoms with E-state index in [1.165, 1.54) is 36.0 Å². The van der Waals surface area contributed by atoms with E-state index >= 15 is 0 Å². The normalized spacial score (nSPS) is 14.9. The number of benzene rings is 4. The summed E-state index contributed by atoms with van der Waals surface area (Å²) in [5.41, 5.74) is 2.84. The summed E-state index contributed by atoms with van der Waals surface area (Å²) in [6.07, 6.45) is 1.73. The van der Waals surface area contributed by atoms with Crippen molar-refractivity contribution >= 4 is 62.2 Å². The van der Waals surface area contributed by atoms with Gasteiger partial charge < -0.3 is 9.84 Å². The van der Waals surface area contributed by atoms with Crippen molar-refractivity contribution in [2.45, 2.75) is 13.2 Å². The van der Waals surface area contributed by atoms with Crippen molar-refractivity contribution in [3.8, 4) is 5.75 Å². The van der Waals surface area contributed by atoms with Crippen LogP contribution in [0, 0.1) is 10.1 Å². The Balaban J connectivity index is 1.45. The Hall–Kier alpha value is -4.74. The number of amidine groups is 1. The number of halogens is 1. The molecule has 0 aromatic heterocycles. The Labute approximate surface area is 253 Å². The Kier molecular flexibility index (Phi) is 8.80. The van der Waals surface area contributed by atoms with Gasteiger partial charge in [0.15, 0.2) is 5.17 Å². The predicted octanol–water partition coefficient (Wildman–Crippen LogP) is 7.44. The second-order valence-electron chi connectivity index (χ2n) is 9.13. The molecule has 0 unspecified atom stereocenters. The first-order valence-electron chi connectivity index (χ1n) is 12.6. The number of carbonyl (C=O) groups excluding carboxylic acids is 1. The van der Waals surface area contributed by atoms with Gasteiger partial charge in [0.05, 0.1) is 27.6 Å². The van der Waals surface area contributed by atoms with E-state index in [4.69, 9.17) is 9.73 Å². The quantitative estimate of drug-likeness (QED) is 0.114. The number of nitro benzene ring substituents is 1. The molecule has 1 aliphatic heterocycles. The van der Waals surface area contributed by atoms with Crippen LogP contribution in [0.2, 0.25) is 0 Å². The molecule has 11 heteroatoms. The minimum atomic E-state index is -1.02. The molecule has 5 rings (SSSR count). The van der Waals surface area contributed by atoms with Crippen molar-refractivity contribution in [3.63, 3.8) is 0 Å². The number of thioether (sulfide) groups is 1. The first kappa shape index (κ1) is 28.8. The number of nitro groups is 1. The third-order valence-corrected chi connectivity index (χ3v) is 7.68. The SMILES string of the molecule is O=C(O)c1ccc(CN2C(=O)/C(=C/c3cc(Br)ccc3OCc3cccc([N+](=O)[O-])c3)SC2=Nc2ccccc2)cc1. The van der Waals surface area contributed by atoms with Gasteiger partial charge in [0.25, 0.3) is 11.6 Å². The topological polar surface area (TPSA) is 122 Å². The zero-order chi connectivity index (χ0) is 29.6. The monoisotopic (exact) mass is 643 g/mol. The zero-order valence-corrected chi connectivity index (χ0v) is 24.2. The number of hydrogen-bond acceptors (Lipinski definition) is 7. The summed E-state index contributed by atoms with van der Waals surface area (Å²) in [6, 6.07) is 27.3. The highest BCUT2D eigenvalue weighted by Crippen LogP contribution is 2.37. The molecule has 1 amide bonds. The number of aromatic carboxylic acids is 1. The molecule has 0 radical (unpaired) electrons. The predicted molar refractivity (Wildman–Crippen MR) is 165 cm³/mol. The van der Waals surface area contributed by atoms with Crippen LogP contribution in [-0.4, -0.2) is 32.0 Å². The summed E-state index contributed by atoms with van der Waals surface area (Å²) in [5, 5.41) is 20.9. The number of carboxylic acids is 1. The van der Waals surface area contributed by atoms with Crippen molar-refractivity contribution in [3.05, 3.63) is 139 Å². The van der Waals surface area contributed by atoms with Crippen LogP contribution in [0.5, 0.6) is 5.75 Å². The fraction of sp³-hybridized carbons (Fsp3) is 0.0645. The molecular formula is C31H22BrN3O6S. The van der Waals surface area contributed by atoms with Gasteiger partial charge in [0.1, 0.15) is 12.4 Å². The molecule has 1 fully saturated rings. The van der Waals surface area contributed by atoms with Crippen LogP contribution in [0.25, 0.3) is 6.08 Å². The van der Waals surface area contributed by atoms with Crippen LogP contribution in [0.1, 0.15) is 27.0 Å². The molecule has 1 aliphatic rings. The first-order valence-corrected chi connectivity index (χ1v) is 14.2. The molecular weight excluding hydrogens is 622 g/mol. The number of aliphatic imine (C=N–C) groups is 1. The number of rotatable bonds is 9. The second-order valence-corrected chi connectivity index (χ2v) is 11.1. The van der Waals surface area contributed by atoms with Gasteiger partial charge in [-0.2, -0.15) is 0 Å². The number of hydrogen-bond donors (Lipinski definition) is 1. The second kappa shape index (κ2) is 12.8. The smallest absolute Gasteiger partial charge is 0.335 e. The van der Waals surface area contributed by atoms with Crippen LogP contribution < -0.4 is 4.74 Å². The zero-order valence-electron chi connectivity index (χ0n) is 21.8. The maximum Gasteiger partial charge on any atom is 0.335 e. The van der Waals surface area contributed by atoms with Gasteiger partial charge >= 0.3 is 5.97 Å². The Morgan fingerprint density at radius 2 is 1.76 bits per heavy atom. The molecule has 1 N–H and O–H groups in total. The average Bonchev–Trinajstić information content (AvgIpc) is 3.26. The van der Waals surface area contributed by atoms with Crippen molar-refractivity contribution in [1.29, 1.82) is 0 Å². The van der Waals surface area contributed by atoms with Gasteiger partial charge in [0.2, 0.25) is 0 Å². The number of amides is 1. The van der Waals surface area contributed by atoms with Crippen molar-refractivity contribution < 1.29 is 24.4 Å². The van der Waals surface area contributed by atoms with E-state index in [2.05, 4.69) is 15.9 Å². The first-order chi connectivity index (χ1) is 20.3. The van der Waals surface area contributed by atoms with Crippen LogP contribution in [-0.2, 0) is 17.9 Å². The Bertz CT molecular complexity index is 1720. The third kappa shape index (κ3) is 6.93. The Morgan fingerprint density at radius 1 is 1.00 bits per heavy atom. The van der Waals surface area contributed by atoms with E-state index in [9.17, 15) is 24.8 Å². The number of nitrogens with zero attached hydrogens (tertiary/aromatic N) is 3. The van der Waals surface area contributed by atoms with Gasteiger partial charge in [-0.25, -0.2) is 9.79 Å². The van der Waals surface area contributed by atoms with Crippen LogP contribution in [0.3, 0.4) is 0 Å². The lowest BCUT2D eigenvalue weighted by Crippen LogP contribution is -2.28. The van der Waals surface area contributed by atoms with E-state index in [-0.39, 0.29) is 30.3 Å². The average molecular weight is 645 g/mol. The molecule has 0 spiro atoms. The maximum absolute atomic E-state index is 13.7. The molecule has 0 bridgehead atoms. The summed E-state index contributed by atoms with van der Waals surface area (Å²) in [5.74, 6) is -0.792. The van der Waals surface area contributed by atoms with Crippen molar-refractivity contribution in [2.75, 3.05) is 0 Å². The largest absolute Gasteiger partial charge is 0.488 e. The van der Waals surface area contributed by atoms with Gasteiger partial charge in [-0.3, -0.25) is 19.8 Å². The molecule has 1 saturated heterocycles. The summed E-state index contributed by atoms with van der Waals surface area (Å²) >= 11 is 4.71. The molecule has 9 nitrogen and oxygen atoms in total. The van der Waals surface area contributed by atoms with Crippen LogP contribution in [0.15, 0.2) is 111 Å². The summed E-state index contributed by atoms with van der Waals surface area (Å²) < 4.78 is 6.81. The molecule has 1 heterocycles. The van der Waals surface area contributed by atoms with Crippen molar-refractivity contribution in [1.82, 2.24) is 4.90 Å². The minimum absolute atomic E-state index is 0.0230. The lowest BCUT2D eigenvalue weighted by atomic mass is 10.1. The standard InChI is InChI=1S/C31H22BrN3O6S/c32-24-13-14-27(41-19-21-5-4-8-26(15-21)35(39)40)23(16-24)17-28-29(36)34(18-20-9-11-22(12-10-20)30(37)38)31(42-28)33-25-6-2-1-3-7-25/h1-17H,18-19H2,(H,37,38)/b28-17-,33-31?. The van der Waals surface area contributed by atoms with Gasteiger partial charge in [-0.15, -0.1) is 0 Å². The molecule has 42 heavy (non-hydrogen) atoms. The molecule has 0 atom stereocenters. The maximum atomic E-state index is 13.7. The highest BCUT2D eigenvalue weighted by molar-refractivity contribution is 9.10. The minimum Gasteiger partial charge on any atom is -0.488 e. The fourth-order valence-corrected chi connectivity index (χ4v) is 5.47. The van der Waals surface area contributed by atoms with Gasteiger partial charge in [-0.1, -0.05) is 58.4 Å². The van der Waals surface area contributed by atoms with E-state index < -0.39 is 10.9 Å². The highest BCUT2D eigenvalue weighted by atomic mass is 79.9. The number of carboxylic acid groups (broad SMARTS) is 1. The van der Waals surface area contributed by atoms with E-state index in [1.807, 2.05) is 42.5 Å². The lowest BCUT2D eigenvalue weighted by Gasteiger charge is -2.16. The molecule has 4 aromatic carbocycles. The summed E-state index contributed by atoms with van der Waals surface area (Å²) in [7, 11) is 0. The van der Waals surface area contributed by atoms with Gasteiger partial charge in [0, 0.05) is 22.2 Å².